The summed E-state index contributed by atoms with van der Waals surface area (Å²) in [4.78, 5) is 19.9. The number of hydrogen-bond acceptors (Lipinski definition) is 4. The largest absolute Gasteiger partial charge is 0.436 e. The summed E-state index contributed by atoms with van der Waals surface area (Å²) in [5.41, 5.74) is 2.32. The van der Waals surface area contributed by atoms with Crippen LogP contribution in [0.1, 0.15) is 10.4 Å². The van der Waals surface area contributed by atoms with E-state index in [0.717, 1.165) is 0 Å². The Labute approximate surface area is 119 Å². The minimum absolute atomic E-state index is 0.177. The third kappa shape index (κ3) is 2.12. The number of halogens is 1. The maximum atomic E-state index is 11.6. The Kier molecular flexibility index (Phi) is 3.12. The van der Waals surface area contributed by atoms with E-state index in [9.17, 15) is 4.79 Å². The number of rotatable bonds is 2. The SMILES string of the molecule is CNC(=O)c1ccc2nc(-c3cccnc3Cl)oc2c1. The Morgan fingerprint density at radius 1 is 1.35 bits per heavy atom. The molecule has 0 aliphatic rings. The van der Waals surface area contributed by atoms with Crippen LogP contribution in [0.25, 0.3) is 22.6 Å². The van der Waals surface area contributed by atoms with Gasteiger partial charge in [-0.1, -0.05) is 11.6 Å². The molecule has 20 heavy (non-hydrogen) atoms. The molecule has 0 unspecified atom stereocenters. The van der Waals surface area contributed by atoms with Crippen LogP contribution in [0, 0.1) is 0 Å². The Morgan fingerprint density at radius 3 is 2.95 bits per heavy atom. The average molecular weight is 288 g/mol. The van der Waals surface area contributed by atoms with Crippen molar-refractivity contribution in [1.82, 2.24) is 15.3 Å². The lowest BCUT2D eigenvalue weighted by Crippen LogP contribution is -2.17. The molecule has 3 rings (SSSR count). The van der Waals surface area contributed by atoms with Crippen molar-refractivity contribution in [2.75, 3.05) is 7.05 Å². The highest BCUT2D eigenvalue weighted by Gasteiger charge is 2.13. The second-order valence-electron chi connectivity index (χ2n) is 4.12. The highest BCUT2D eigenvalue weighted by molar-refractivity contribution is 6.31. The Hall–Kier alpha value is -2.40. The van der Waals surface area contributed by atoms with Crippen LogP contribution in [0.3, 0.4) is 0 Å². The van der Waals surface area contributed by atoms with Crippen LogP contribution in [0.5, 0.6) is 0 Å². The van der Waals surface area contributed by atoms with Gasteiger partial charge in [0.05, 0.1) is 5.56 Å². The number of carbonyl (C=O) groups excluding carboxylic acids is 1. The van der Waals surface area contributed by atoms with Crippen LogP contribution in [-0.2, 0) is 0 Å². The van der Waals surface area contributed by atoms with Gasteiger partial charge in [-0.15, -0.1) is 0 Å². The molecule has 1 N–H and O–H groups in total. The number of aromatic nitrogens is 2. The van der Waals surface area contributed by atoms with Gasteiger partial charge in [0, 0.05) is 18.8 Å². The maximum Gasteiger partial charge on any atom is 0.251 e. The first-order valence-corrected chi connectivity index (χ1v) is 6.30. The van der Waals surface area contributed by atoms with E-state index in [2.05, 4.69) is 15.3 Å². The fraction of sp³-hybridized carbons (Fsp3) is 0.0714. The van der Waals surface area contributed by atoms with Crippen LogP contribution in [0.4, 0.5) is 0 Å². The van der Waals surface area contributed by atoms with Gasteiger partial charge in [-0.05, 0) is 30.3 Å². The van der Waals surface area contributed by atoms with Crippen molar-refractivity contribution in [3.63, 3.8) is 0 Å². The van der Waals surface area contributed by atoms with Crippen molar-refractivity contribution in [2.24, 2.45) is 0 Å². The molecule has 2 aromatic heterocycles. The summed E-state index contributed by atoms with van der Waals surface area (Å²) in [6.45, 7) is 0. The zero-order valence-corrected chi connectivity index (χ0v) is 11.3. The second kappa shape index (κ2) is 4.94. The van der Waals surface area contributed by atoms with Gasteiger partial charge in [0.2, 0.25) is 5.89 Å². The molecule has 0 atom stereocenters. The number of nitrogens with one attached hydrogen (secondary N) is 1. The van der Waals surface area contributed by atoms with Gasteiger partial charge in [0.25, 0.3) is 5.91 Å². The molecule has 0 fully saturated rings. The highest BCUT2D eigenvalue weighted by Crippen LogP contribution is 2.28. The van der Waals surface area contributed by atoms with E-state index in [-0.39, 0.29) is 5.91 Å². The standard InChI is InChI=1S/C14H10ClN3O2/c1-16-13(19)8-4-5-10-11(7-8)20-14(18-10)9-3-2-6-17-12(9)15/h2-7H,1H3,(H,16,19). The summed E-state index contributed by atoms with van der Waals surface area (Å²) >= 11 is 6.02. The monoisotopic (exact) mass is 287 g/mol. The molecule has 6 heteroatoms. The van der Waals surface area contributed by atoms with E-state index in [4.69, 9.17) is 16.0 Å². The molecule has 0 spiro atoms. The third-order valence-electron chi connectivity index (χ3n) is 2.87. The van der Waals surface area contributed by atoms with Crippen molar-refractivity contribution in [3.05, 3.63) is 47.2 Å². The molecule has 3 aromatic rings. The lowest BCUT2D eigenvalue weighted by atomic mass is 10.2. The first kappa shape index (κ1) is 12.6. The Morgan fingerprint density at radius 2 is 2.20 bits per heavy atom. The van der Waals surface area contributed by atoms with Gasteiger partial charge in [0.15, 0.2) is 5.58 Å². The van der Waals surface area contributed by atoms with Crippen molar-refractivity contribution in [3.8, 4) is 11.5 Å². The molecule has 1 amide bonds. The van der Waals surface area contributed by atoms with Gasteiger partial charge in [-0.2, -0.15) is 0 Å². The van der Waals surface area contributed by atoms with E-state index >= 15 is 0 Å². The molecule has 2 heterocycles. The molecule has 0 radical (unpaired) electrons. The van der Waals surface area contributed by atoms with Gasteiger partial charge in [-0.3, -0.25) is 4.79 Å². The number of oxazole rings is 1. The van der Waals surface area contributed by atoms with E-state index in [0.29, 0.717) is 33.3 Å². The minimum atomic E-state index is -0.177. The number of nitrogens with zero attached hydrogens (tertiary/aromatic N) is 2. The molecular weight excluding hydrogens is 278 g/mol. The summed E-state index contributed by atoms with van der Waals surface area (Å²) in [6.07, 6.45) is 1.60. The zero-order valence-electron chi connectivity index (χ0n) is 10.6. The zero-order chi connectivity index (χ0) is 14.1. The lowest BCUT2D eigenvalue weighted by molar-refractivity contribution is 0.0963. The molecule has 0 saturated heterocycles. The summed E-state index contributed by atoms with van der Waals surface area (Å²) in [5.74, 6) is 0.205. The van der Waals surface area contributed by atoms with Gasteiger partial charge in [-0.25, -0.2) is 9.97 Å². The molecule has 0 aliphatic heterocycles. The topological polar surface area (TPSA) is 68.0 Å². The molecule has 0 bridgehead atoms. The van der Waals surface area contributed by atoms with Crippen LogP contribution in [0.15, 0.2) is 40.9 Å². The number of hydrogen-bond donors (Lipinski definition) is 1. The number of amides is 1. The van der Waals surface area contributed by atoms with Crippen molar-refractivity contribution < 1.29 is 9.21 Å². The summed E-state index contributed by atoms with van der Waals surface area (Å²) in [5, 5.41) is 2.89. The molecule has 5 nitrogen and oxygen atoms in total. The van der Waals surface area contributed by atoms with Crippen LogP contribution >= 0.6 is 11.6 Å². The number of pyridine rings is 1. The van der Waals surface area contributed by atoms with Crippen molar-refractivity contribution in [2.45, 2.75) is 0 Å². The summed E-state index contributed by atoms with van der Waals surface area (Å²) in [6, 6.07) is 8.61. The smallest absolute Gasteiger partial charge is 0.251 e. The van der Waals surface area contributed by atoms with E-state index < -0.39 is 0 Å². The van der Waals surface area contributed by atoms with Gasteiger partial charge < -0.3 is 9.73 Å². The lowest BCUT2D eigenvalue weighted by Gasteiger charge is -1.97. The van der Waals surface area contributed by atoms with Crippen molar-refractivity contribution in [1.29, 1.82) is 0 Å². The summed E-state index contributed by atoms with van der Waals surface area (Å²) < 4.78 is 5.65. The van der Waals surface area contributed by atoms with E-state index in [1.165, 1.54) is 0 Å². The Bertz CT molecular complexity index is 798. The first-order chi connectivity index (χ1) is 9.69. The maximum absolute atomic E-state index is 11.6. The first-order valence-electron chi connectivity index (χ1n) is 5.92. The quantitative estimate of drug-likeness (QED) is 0.736. The molecule has 1 aromatic carbocycles. The molecule has 0 aliphatic carbocycles. The number of carbonyl (C=O) groups is 1. The normalized spacial score (nSPS) is 10.7. The fourth-order valence-corrected chi connectivity index (χ4v) is 2.07. The highest BCUT2D eigenvalue weighted by atomic mass is 35.5. The predicted molar refractivity (Wildman–Crippen MR) is 75.6 cm³/mol. The predicted octanol–water partition coefficient (Wildman–Crippen LogP) is 2.90. The number of fused-ring (bicyclic) bond motifs is 1. The van der Waals surface area contributed by atoms with Gasteiger partial charge in [0.1, 0.15) is 10.7 Å². The van der Waals surface area contributed by atoms with E-state index in [1.54, 1.807) is 43.6 Å². The summed E-state index contributed by atoms with van der Waals surface area (Å²) in [7, 11) is 1.58. The van der Waals surface area contributed by atoms with Crippen LogP contribution in [-0.4, -0.2) is 22.9 Å². The van der Waals surface area contributed by atoms with Gasteiger partial charge >= 0.3 is 0 Å². The average Bonchev–Trinajstić information content (AvgIpc) is 2.89. The molecule has 100 valence electrons. The third-order valence-corrected chi connectivity index (χ3v) is 3.17. The van der Waals surface area contributed by atoms with E-state index in [1.807, 2.05) is 0 Å². The fourth-order valence-electron chi connectivity index (χ4n) is 1.87. The van der Waals surface area contributed by atoms with Crippen molar-refractivity contribution >= 4 is 28.6 Å². The Balaban J connectivity index is 2.12. The second-order valence-corrected chi connectivity index (χ2v) is 4.48. The van der Waals surface area contributed by atoms with Crippen LogP contribution < -0.4 is 5.32 Å². The number of benzene rings is 1. The molecule has 0 saturated carbocycles. The molecular formula is C14H10ClN3O2. The van der Waals surface area contributed by atoms with Crippen LogP contribution in [0.2, 0.25) is 5.15 Å². The minimum Gasteiger partial charge on any atom is -0.436 e.